The van der Waals surface area contributed by atoms with E-state index >= 15 is 0 Å². The minimum absolute atomic E-state index is 0.249. The molecule has 0 aliphatic rings. The minimum atomic E-state index is 0.249. The lowest BCUT2D eigenvalue weighted by atomic mass is 10.0. The van der Waals surface area contributed by atoms with Gasteiger partial charge < -0.3 is 14.9 Å². The van der Waals surface area contributed by atoms with Gasteiger partial charge in [0.1, 0.15) is 17.6 Å². The number of carbonyl (C=O) groups excluding carboxylic acids is 1. The Labute approximate surface area is 146 Å². The summed E-state index contributed by atoms with van der Waals surface area (Å²) in [6.07, 6.45) is 0. The molecule has 0 saturated heterocycles. The molecule has 0 bridgehead atoms. The number of methoxy groups -OCH3 is 1. The third kappa shape index (κ3) is 3.34. The van der Waals surface area contributed by atoms with Crippen LogP contribution in [0.15, 0.2) is 36.4 Å². The van der Waals surface area contributed by atoms with Gasteiger partial charge in [-0.15, -0.1) is 0 Å². The van der Waals surface area contributed by atoms with E-state index in [9.17, 15) is 4.79 Å². The van der Waals surface area contributed by atoms with Gasteiger partial charge in [0, 0.05) is 13.7 Å². The zero-order valence-corrected chi connectivity index (χ0v) is 14.6. The Hall–Kier alpha value is -2.86. The van der Waals surface area contributed by atoms with Gasteiger partial charge in [0.2, 0.25) is 0 Å². The highest BCUT2D eigenvalue weighted by atomic mass is 16.7. The van der Waals surface area contributed by atoms with Crippen LogP contribution in [0.4, 0.5) is 5.69 Å². The molecule has 2 aromatic carbocycles. The second kappa shape index (κ2) is 7.36. The molecular weight excluding hydrogens is 318 g/mol. The number of benzene rings is 2. The van der Waals surface area contributed by atoms with E-state index in [1.54, 1.807) is 7.11 Å². The summed E-state index contributed by atoms with van der Waals surface area (Å²) in [6.45, 7) is 5.54. The number of para-hydroxylation sites is 1. The van der Waals surface area contributed by atoms with Gasteiger partial charge >= 0.3 is 6.47 Å². The number of nitrogens with zero attached hydrogens (tertiary/aromatic N) is 2. The van der Waals surface area contributed by atoms with Crippen LogP contribution in [-0.2, 0) is 22.7 Å². The number of nitrogens with one attached hydrogen (secondary N) is 1. The van der Waals surface area contributed by atoms with Crippen molar-refractivity contribution in [2.24, 2.45) is 0 Å². The average molecular weight is 339 g/mol. The van der Waals surface area contributed by atoms with Crippen molar-refractivity contribution in [2.75, 3.05) is 12.4 Å². The van der Waals surface area contributed by atoms with Crippen molar-refractivity contribution in [3.8, 4) is 0 Å². The Bertz CT molecular complexity index is 882. The van der Waals surface area contributed by atoms with Crippen molar-refractivity contribution in [3.63, 3.8) is 0 Å². The largest absolute Gasteiger partial charge is 0.379 e. The van der Waals surface area contributed by atoms with Crippen molar-refractivity contribution in [2.45, 2.75) is 27.0 Å². The SMILES string of the molecule is COCc1nc2c(NCc3c(C)cccc3C)cccc2n1OC=O. The highest BCUT2D eigenvalue weighted by Crippen LogP contribution is 2.25. The molecule has 0 unspecified atom stereocenters. The standard InChI is InChI=1S/C19H21N3O3/c1-13-6-4-7-14(2)15(13)10-20-16-8-5-9-17-19(16)21-18(11-24-3)22(17)25-12-23/h4-9,12,20H,10-11H2,1-3H3. The van der Waals surface area contributed by atoms with Gasteiger partial charge in [-0.05, 0) is 42.7 Å². The van der Waals surface area contributed by atoms with Crippen molar-refractivity contribution in [1.82, 2.24) is 9.71 Å². The smallest absolute Gasteiger partial charge is 0.321 e. The fourth-order valence-electron chi connectivity index (χ4n) is 2.96. The number of imidazole rings is 1. The number of hydrogen-bond donors (Lipinski definition) is 1. The maximum absolute atomic E-state index is 10.8. The second-order valence-electron chi connectivity index (χ2n) is 5.85. The monoisotopic (exact) mass is 339 g/mol. The summed E-state index contributed by atoms with van der Waals surface area (Å²) < 4.78 is 6.54. The molecule has 1 N–H and O–H groups in total. The van der Waals surface area contributed by atoms with Crippen LogP contribution in [0.3, 0.4) is 0 Å². The molecular formula is C19H21N3O3. The molecule has 0 fully saturated rings. The summed E-state index contributed by atoms with van der Waals surface area (Å²) in [5, 5.41) is 3.45. The third-order valence-corrected chi connectivity index (χ3v) is 4.23. The zero-order chi connectivity index (χ0) is 17.8. The molecule has 0 atom stereocenters. The van der Waals surface area contributed by atoms with E-state index in [-0.39, 0.29) is 6.61 Å². The van der Waals surface area contributed by atoms with E-state index in [1.165, 1.54) is 21.4 Å². The van der Waals surface area contributed by atoms with E-state index < -0.39 is 0 Å². The van der Waals surface area contributed by atoms with Crippen LogP contribution >= 0.6 is 0 Å². The fraction of sp³-hybridized carbons (Fsp3) is 0.263. The molecule has 0 aliphatic carbocycles. The Kier molecular flexibility index (Phi) is 5.00. The first kappa shape index (κ1) is 17.0. The first-order valence-electron chi connectivity index (χ1n) is 8.04. The van der Waals surface area contributed by atoms with Gasteiger partial charge in [-0.1, -0.05) is 24.3 Å². The Morgan fingerprint density at radius 2 is 1.88 bits per heavy atom. The van der Waals surface area contributed by atoms with Crippen LogP contribution in [-0.4, -0.2) is 23.3 Å². The van der Waals surface area contributed by atoms with Gasteiger partial charge in [0.15, 0.2) is 5.82 Å². The van der Waals surface area contributed by atoms with E-state index in [4.69, 9.17) is 9.57 Å². The molecule has 3 rings (SSSR count). The molecule has 3 aromatic rings. The first-order chi connectivity index (χ1) is 12.2. The van der Waals surface area contributed by atoms with Gasteiger partial charge in [0.05, 0.1) is 5.69 Å². The van der Waals surface area contributed by atoms with Crippen LogP contribution in [0, 0.1) is 13.8 Å². The number of aromatic nitrogens is 2. The number of fused-ring (bicyclic) bond motifs is 1. The quantitative estimate of drug-likeness (QED) is 0.670. The average Bonchev–Trinajstić information content (AvgIpc) is 2.94. The number of rotatable bonds is 7. The molecule has 6 heteroatoms. The van der Waals surface area contributed by atoms with E-state index in [2.05, 4.69) is 42.3 Å². The van der Waals surface area contributed by atoms with Gasteiger partial charge in [-0.3, -0.25) is 4.79 Å². The highest BCUT2D eigenvalue weighted by Gasteiger charge is 2.15. The molecule has 0 saturated carbocycles. The molecule has 0 aliphatic heterocycles. The van der Waals surface area contributed by atoms with Crippen LogP contribution in [0.2, 0.25) is 0 Å². The van der Waals surface area contributed by atoms with Gasteiger partial charge in [-0.25, -0.2) is 4.98 Å². The predicted octanol–water partition coefficient (Wildman–Crippen LogP) is 3.00. The van der Waals surface area contributed by atoms with E-state index in [0.717, 1.165) is 11.2 Å². The van der Waals surface area contributed by atoms with Gasteiger partial charge in [0.25, 0.3) is 0 Å². The molecule has 0 radical (unpaired) electrons. The topological polar surface area (TPSA) is 65.4 Å². The summed E-state index contributed by atoms with van der Waals surface area (Å²) in [5.41, 5.74) is 6.09. The normalized spacial score (nSPS) is 10.8. The Balaban J connectivity index is 1.96. The fourth-order valence-corrected chi connectivity index (χ4v) is 2.96. The molecule has 25 heavy (non-hydrogen) atoms. The molecule has 130 valence electrons. The van der Waals surface area contributed by atoms with Crippen molar-refractivity contribution < 1.29 is 14.4 Å². The summed E-state index contributed by atoms with van der Waals surface area (Å²) in [7, 11) is 1.57. The highest BCUT2D eigenvalue weighted by molar-refractivity contribution is 5.88. The summed E-state index contributed by atoms with van der Waals surface area (Å²) in [5.74, 6) is 0.533. The summed E-state index contributed by atoms with van der Waals surface area (Å²) >= 11 is 0. The Morgan fingerprint density at radius 1 is 1.16 bits per heavy atom. The maximum atomic E-state index is 10.8. The van der Waals surface area contributed by atoms with Crippen molar-refractivity contribution in [1.29, 1.82) is 0 Å². The van der Waals surface area contributed by atoms with Crippen molar-refractivity contribution in [3.05, 3.63) is 58.9 Å². The van der Waals surface area contributed by atoms with Crippen LogP contribution in [0.1, 0.15) is 22.5 Å². The molecule has 1 aromatic heterocycles. The maximum Gasteiger partial charge on any atom is 0.321 e. The lowest BCUT2D eigenvalue weighted by molar-refractivity contribution is -0.129. The lowest BCUT2D eigenvalue weighted by Gasteiger charge is -2.12. The van der Waals surface area contributed by atoms with E-state index in [1.807, 2.05) is 18.2 Å². The number of anilines is 1. The molecule has 0 amide bonds. The lowest BCUT2D eigenvalue weighted by Crippen LogP contribution is -2.13. The minimum Gasteiger partial charge on any atom is -0.379 e. The molecule has 1 heterocycles. The van der Waals surface area contributed by atoms with Crippen molar-refractivity contribution >= 4 is 23.2 Å². The Morgan fingerprint density at radius 3 is 2.56 bits per heavy atom. The van der Waals surface area contributed by atoms with Crippen LogP contribution in [0.5, 0.6) is 0 Å². The first-order valence-corrected chi connectivity index (χ1v) is 8.04. The summed E-state index contributed by atoms with van der Waals surface area (Å²) in [6, 6.07) is 12.0. The number of ether oxygens (including phenoxy) is 1. The number of carbonyl (C=O) groups is 1. The number of hydrogen-bond acceptors (Lipinski definition) is 5. The molecule has 0 spiro atoms. The predicted molar refractivity (Wildman–Crippen MR) is 96.3 cm³/mol. The molecule has 6 nitrogen and oxygen atoms in total. The van der Waals surface area contributed by atoms with E-state index in [0.29, 0.717) is 24.4 Å². The van der Waals surface area contributed by atoms with Crippen LogP contribution < -0.4 is 10.2 Å². The summed E-state index contributed by atoms with van der Waals surface area (Å²) in [4.78, 5) is 20.5. The van der Waals surface area contributed by atoms with Crippen LogP contribution in [0.25, 0.3) is 11.0 Å². The second-order valence-corrected chi connectivity index (χ2v) is 5.85. The van der Waals surface area contributed by atoms with Gasteiger partial charge in [-0.2, -0.15) is 4.73 Å². The number of aryl methyl sites for hydroxylation is 2. The zero-order valence-electron chi connectivity index (χ0n) is 14.6. The third-order valence-electron chi connectivity index (χ3n) is 4.23.